The molecule has 1 fully saturated rings. The van der Waals surface area contributed by atoms with E-state index >= 15 is 0 Å². The third kappa shape index (κ3) is 3.35. The maximum atomic E-state index is 11.4. The molecule has 0 saturated heterocycles. The van der Waals surface area contributed by atoms with Gasteiger partial charge in [0.25, 0.3) is 0 Å². The van der Waals surface area contributed by atoms with Crippen molar-refractivity contribution in [2.75, 3.05) is 18.0 Å². The number of benzene rings is 1. The minimum absolute atomic E-state index is 0.109. The Kier molecular flexibility index (Phi) is 4.44. The number of hydrogen-bond donors (Lipinski definition) is 0. The van der Waals surface area contributed by atoms with Crippen LogP contribution in [-0.2, 0) is 0 Å². The number of ketones is 1. The standard InChI is InChI=1S/C15H20BrNO/c1-3-8-17(10-12-4-5-12)13-6-7-14(11(2)18)15(16)9-13/h6-7,9,12H,3-5,8,10H2,1-2H3. The van der Waals surface area contributed by atoms with E-state index < -0.39 is 0 Å². The summed E-state index contributed by atoms with van der Waals surface area (Å²) in [6, 6.07) is 6.08. The van der Waals surface area contributed by atoms with Crippen LogP contribution < -0.4 is 4.90 Å². The first-order valence-electron chi connectivity index (χ1n) is 6.67. The lowest BCUT2D eigenvalue weighted by molar-refractivity contribution is 0.101. The number of carbonyl (C=O) groups is 1. The molecule has 0 unspecified atom stereocenters. The van der Waals surface area contributed by atoms with Gasteiger partial charge in [0.05, 0.1) is 0 Å². The van der Waals surface area contributed by atoms with Crippen LogP contribution in [0.4, 0.5) is 5.69 Å². The SMILES string of the molecule is CCCN(CC1CC1)c1ccc(C(C)=O)c(Br)c1. The largest absolute Gasteiger partial charge is 0.371 e. The zero-order valence-electron chi connectivity index (χ0n) is 11.1. The third-order valence-electron chi connectivity index (χ3n) is 3.37. The van der Waals surface area contributed by atoms with Crippen molar-refractivity contribution >= 4 is 27.4 Å². The molecule has 1 aliphatic rings. The van der Waals surface area contributed by atoms with E-state index in [9.17, 15) is 4.79 Å². The average Bonchev–Trinajstić information content (AvgIpc) is 3.11. The van der Waals surface area contributed by atoms with Gasteiger partial charge in [0.1, 0.15) is 0 Å². The van der Waals surface area contributed by atoms with Crippen molar-refractivity contribution in [3.8, 4) is 0 Å². The molecule has 0 spiro atoms. The van der Waals surface area contributed by atoms with Gasteiger partial charge in [0.2, 0.25) is 0 Å². The fraction of sp³-hybridized carbons (Fsp3) is 0.533. The van der Waals surface area contributed by atoms with Crippen LogP contribution in [0.15, 0.2) is 22.7 Å². The van der Waals surface area contributed by atoms with Gasteiger partial charge in [-0.15, -0.1) is 0 Å². The van der Waals surface area contributed by atoms with Crippen molar-refractivity contribution in [3.63, 3.8) is 0 Å². The van der Waals surface area contributed by atoms with Crippen LogP contribution in [-0.4, -0.2) is 18.9 Å². The lowest BCUT2D eigenvalue weighted by Gasteiger charge is -2.25. The molecule has 0 aliphatic heterocycles. The van der Waals surface area contributed by atoms with E-state index in [1.165, 1.54) is 18.5 Å². The Morgan fingerprint density at radius 2 is 2.17 bits per heavy atom. The normalized spacial score (nSPS) is 14.6. The summed E-state index contributed by atoms with van der Waals surface area (Å²) >= 11 is 3.50. The summed E-state index contributed by atoms with van der Waals surface area (Å²) < 4.78 is 0.907. The summed E-state index contributed by atoms with van der Waals surface area (Å²) in [7, 11) is 0. The van der Waals surface area contributed by atoms with Gasteiger partial charge in [-0.05, 0) is 66.2 Å². The molecule has 0 radical (unpaired) electrons. The molecule has 0 amide bonds. The minimum Gasteiger partial charge on any atom is -0.371 e. The van der Waals surface area contributed by atoms with Crippen LogP contribution in [0.1, 0.15) is 43.5 Å². The van der Waals surface area contributed by atoms with E-state index in [1.54, 1.807) is 6.92 Å². The topological polar surface area (TPSA) is 20.3 Å². The minimum atomic E-state index is 0.109. The maximum absolute atomic E-state index is 11.4. The molecular formula is C15H20BrNO. The summed E-state index contributed by atoms with van der Waals surface area (Å²) in [6.07, 6.45) is 3.89. The van der Waals surface area contributed by atoms with E-state index in [0.29, 0.717) is 0 Å². The number of carbonyl (C=O) groups excluding carboxylic acids is 1. The molecule has 98 valence electrons. The molecule has 3 heteroatoms. The lowest BCUT2D eigenvalue weighted by Crippen LogP contribution is -2.26. The van der Waals surface area contributed by atoms with E-state index in [2.05, 4.69) is 39.9 Å². The van der Waals surface area contributed by atoms with E-state index in [1.807, 2.05) is 6.07 Å². The Bertz CT molecular complexity index is 440. The van der Waals surface area contributed by atoms with Gasteiger partial charge in [0, 0.05) is 28.8 Å². The van der Waals surface area contributed by atoms with Gasteiger partial charge in [-0.3, -0.25) is 4.79 Å². The van der Waals surface area contributed by atoms with Crippen LogP contribution in [0.2, 0.25) is 0 Å². The Balaban J connectivity index is 2.18. The van der Waals surface area contributed by atoms with E-state index in [-0.39, 0.29) is 5.78 Å². The first-order chi connectivity index (χ1) is 8.61. The molecule has 1 aliphatic carbocycles. The van der Waals surface area contributed by atoms with Crippen molar-refractivity contribution in [3.05, 3.63) is 28.2 Å². The maximum Gasteiger partial charge on any atom is 0.160 e. The smallest absolute Gasteiger partial charge is 0.160 e. The molecule has 2 rings (SSSR count). The highest BCUT2D eigenvalue weighted by Gasteiger charge is 2.24. The van der Waals surface area contributed by atoms with Gasteiger partial charge in [-0.25, -0.2) is 0 Å². The second kappa shape index (κ2) is 5.87. The van der Waals surface area contributed by atoms with E-state index in [0.717, 1.165) is 35.5 Å². The average molecular weight is 310 g/mol. The van der Waals surface area contributed by atoms with Gasteiger partial charge < -0.3 is 4.90 Å². The molecule has 0 heterocycles. The monoisotopic (exact) mass is 309 g/mol. The highest BCUT2D eigenvalue weighted by Crippen LogP contribution is 2.32. The number of anilines is 1. The van der Waals surface area contributed by atoms with E-state index in [4.69, 9.17) is 0 Å². The fourth-order valence-corrected chi connectivity index (χ4v) is 2.84. The summed E-state index contributed by atoms with van der Waals surface area (Å²) in [5, 5.41) is 0. The molecule has 1 saturated carbocycles. The van der Waals surface area contributed by atoms with Crippen molar-refractivity contribution in [2.24, 2.45) is 5.92 Å². The second-order valence-electron chi connectivity index (χ2n) is 5.11. The van der Waals surface area contributed by atoms with Crippen LogP contribution in [0.25, 0.3) is 0 Å². The highest BCUT2D eigenvalue weighted by atomic mass is 79.9. The predicted molar refractivity (Wildman–Crippen MR) is 79.4 cm³/mol. The first kappa shape index (κ1) is 13.6. The molecule has 0 bridgehead atoms. The van der Waals surface area contributed by atoms with Gasteiger partial charge >= 0.3 is 0 Å². The summed E-state index contributed by atoms with van der Waals surface area (Å²) in [5.41, 5.74) is 1.99. The summed E-state index contributed by atoms with van der Waals surface area (Å²) in [6.45, 7) is 6.05. The molecular weight excluding hydrogens is 290 g/mol. The molecule has 2 nitrogen and oxygen atoms in total. The Labute approximate surface area is 117 Å². The van der Waals surface area contributed by atoms with Crippen LogP contribution in [0.3, 0.4) is 0 Å². The summed E-state index contributed by atoms with van der Waals surface area (Å²) in [4.78, 5) is 13.9. The van der Waals surface area contributed by atoms with Crippen LogP contribution >= 0.6 is 15.9 Å². The van der Waals surface area contributed by atoms with Gasteiger partial charge in [-0.2, -0.15) is 0 Å². The quantitative estimate of drug-likeness (QED) is 0.731. The molecule has 0 N–H and O–H groups in total. The Morgan fingerprint density at radius 1 is 1.44 bits per heavy atom. The van der Waals surface area contributed by atoms with Crippen molar-refractivity contribution in [2.45, 2.75) is 33.1 Å². The molecule has 0 atom stereocenters. The Hall–Kier alpha value is -0.830. The van der Waals surface area contributed by atoms with Crippen LogP contribution in [0.5, 0.6) is 0 Å². The number of rotatable bonds is 6. The number of Topliss-reactive ketones (excluding diaryl/α,β-unsaturated/α-hetero) is 1. The van der Waals surface area contributed by atoms with Crippen LogP contribution in [0, 0.1) is 5.92 Å². The molecule has 1 aromatic rings. The third-order valence-corrected chi connectivity index (χ3v) is 4.02. The first-order valence-corrected chi connectivity index (χ1v) is 7.46. The second-order valence-corrected chi connectivity index (χ2v) is 5.96. The molecule has 1 aromatic carbocycles. The van der Waals surface area contributed by atoms with Crippen molar-refractivity contribution in [1.29, 1.82) is 0 Å². The van der Waals surface area contributed by atoms with Crippen molar-refractivity contribution < 1.29 is 4.79 Å². The summed E-state index contributed by atoms with van der Waals surface area (Å²) in [5.74, 6) is 0.987. The zero-order valence-corrected chi connectivity index (χ0v) is 12.7. The number of hydrogen-bond acceptors (Lipinski definition) is 2. The fourth-order valence-electron chi connectivity index (χ4n) is 2.19. The molecule has 18 heavy (non-hydrogen) atoms. The van der Waals surface area contributed by atoms with Crippen molar-refractivity contribution in [1.82, 2.24) is 0 Å². The zero-order chi connectivity index (χ0) is 13.1. The predicted octanol–water partition coefficient (Wildman–Crippen LogP) is 4.28. The molecule has 0 aromatic heterocycles. The van der Waals surface area contributed by atoms with Gasteiger partial charge in [-0.1, -0.05) is 6.92 Å². The van der Waals surface area contributed by atoms with Gasteiger partial charge in [0.15, 0.2) is 5.78 Å². The highest BCUT2D eigenvalue weighted by molar-refractivity contribution is 9.10. The Morgan fingerprint density at radius 3 is 2.67 bits per heavy atom. The number of halogens is 1. The lowest BCUT2D eigenvalue weighted by atomic mass is 10.1. The number of nitrogens with zero attached hydrogens (tertiary/aromatic N) is 1.